The normalized spacial score (nSPS) is 16.5. The van der Waals surface area contributed by atoms with Gasteiger partial charge in [-0.15, -0.1) is 0 Å². The fraction of sp³-hybridized carbons (Fsp3) is 0.467. The maximum atomic E-state index is 11.9. The van der Waals surface area contributed by atoms with Crippen molar-refractivity contribution in [1.82, 2.24) is 5.43 Å². The summed E-state index contributed by atoms with van der Waals surface area (Å²) in [5, 5.41) is 4.06. The maximum absolute atomic E-state index is 11.9. The zero-order valence-corrected chi connectivity index (χ0v) is 11.3. The van der Waals surface area contributed by atoms with E-state index in [1.807, 2.05) is 12.3 Å². The number of hydrogen-bond donors (Lipinski definition) is 1. The van der Waals surface area contributed by atoms with E-state index in [9.17, 15) is 4.79 Å². The first-order valence-electron chi connectivity index (χ1n) is 6.77. The first kappa shape index (κ1) is 13.6. The molecule has 0 heterocycles. The van der Waals surface area contributed by atoms with Crippen LogP contribution in [-0.4, -0.2) is 19.2 Å². The molecule has 1 aliphatic rings. The summed E-state index contributed by atoms with van der Waals surface area (Å²) < 4.78 is 5.09. The highest BCUT2D eigenvalue weighted by atomic mass is 16.5. The first-order valence-corrected chi connectivity index (χ1v) is 6.77. The smallest absolute Gasteiger partial charge is 0.271 e. The average molecular weight is 260 g/mol. The molecule has 2 rings (SSSR count). The van der Waals surface area contributed by atoms with Crippen LogP contribution in [0.2, 0.25) is 0 Å². The molecule has 1 N–H and O–H groups in total. The van der Waals surface area contributed by atoms with E-state index in [4.69, 9.17) is 4.74 Å². The molecule has 0 atom stereocenters. The van der Waals surface area contributed by atoms with E-state index in [-0.39, 0.29) is 5.91 Å². The van der Waals surface area contributed by atoms with E-state index in [2.05, 4.69) is 10.5 Å². The number of rotatable bonds is 4. The Kier molecular flexibility index (Phi) is 4.95. The average Bonchev–Trinajstić information content (AvgIpc) is 2.48. The van der Waals surface area contributed by atoms with Gasteiger partial charge >= 0.3 is 0 Å². The Bertz CT molecular complexity index is 451. The molecule has 1 fully saturated rings. The molecule has 0 aromatic heterocycles. The number of benzene rings is 1. The number of hydrazone groups is 1. The Morgan fingerprint density at radius 1 is 1.37 bits per heavy atom. The van der Waals surface area contributed by atoms with Crippen LogP contribution in [0.25, 0.3) is 0 Å². The highest BCUT2D eigenvalue weighted by Crippen LogP contribution is 2.21. The van der Waals surface area contributed by atoms with Gasteiger partial charge in [0.25, 0.3) is 5.91 Å². The molecule has 102 valence electrons. The molecule has 0 aliphatic heterocycles. The predicted molar refractivity (Wildman–Crippen MR) is 75.5 cm³/mol. The number of methoxy groups -OCH3 is 1. The molecule has 4 heteroatoms. The Morgan fingerprint density at radius 2 is 2.16 bits per heavy atom. The predicted octanol–water partition coefficient (Wildman–Crippen LogP) is 2.99. The fourth-order valence-electron chi connectivity index (χ4n) is 2.31. The Hall–Kier alpha value is -1.84. The van der Waals surface area contributed by atoms with Gasteiger partial charge in [-0.25, -0.2) is 5.43 Å². The third kappa shape index (κ3) is 4.09. The number of hydrogen-bond acceptors (Lipinski definition) is 3. The van der Waals surface area contributed by atoms with Gasteiger partial charge in [0.05, 0.1) is 7.11 Å². The lowest BCUT2D eigenvalue weighted by atomic mass is 9.90. The molecule has 4 nitrogen and oxygen atoms in total. The van der Waals surface area contributed by atoms with Gasteiger partial charge in [0.1, 0.15) is 5.75 Å². The highest BCUT2D eigenvalue weighted by molar-refractivity contribution is 5.94. The molecule has 0 bridgehead atoms. The van der Waals surface area contributed by atoms with Crippen molar-refractivity contribution in [1.29, 1.82) is 0 Å². The van der Waals surface area contributed by atoms with Crippen LogP contribution >= 0.6 is 0 Å². The van der Waals surface area contributed by atoms with Crippen molar-refractivity contribution in [3.05, 3.63) is 29.8 Å². The van der Waals surface area contributed by atoms with Gasteiger partial charge in [0.15, 0.2) is 0 Å². The number of carbonyl (C=O) groups is 1. The fourth-order valence-corrected chi connectivity index (χ4v) is 2.31. The minimum Gasteiger partial charge on any atom is -0.497 e. The van der Waals surface area contributed by atoms with Gasteiger partial charge in [-0.1, -0.05) is 25.3 Å². The molecule has 0 spiro atoms. The Labute approximate surface area is 113 Å². The number of nitrogens with zero attached hydrogens (tertiary/aromatic N) is 1. The molecule has 0 unspecified atom stereocenters. The van der Waals surface area contributed by atoms with Gasteiger partial charge in [-0.2, -0.15) is 5.10 Å². The summed E-state index contributed by atoms with van der Waals surface area (Å²) in [5.41, 5.74) is 3.13. The topological polar surface area (TPSA) is 50.7 Å². The second kappa shape index (κ2) is 6.92. The minimum absolute atomic E-state index is 0.203. The van der Waals surface area contributed by atoms with Crippen molar-refractivity contribution in [3.63, 3.8) is 0 Å². The second-order valence-electron chi connectivity index (χ2n) is 4.85. The van der Waals surface area contributed by atoms with Crippen LogP contribution in [0.5, 0.6) is 5.75 Å². The van der Waals surface area contributed by atoms with E-state index < -0.39 is 0 Å². The monoisotopic (exact) mass is 260 g/mol. The largest absolute Gasteiger partial charge is 0.497 e. The lowest BCUT2D eigenvalue weighted by Gasteiger charge is -2.16. The van der Waals surface area contributed by atoms with Crippen molar-refractivity contribution < 1.29 is 9.53 Å². The van der Waals surface area contributed by atoms with Gasteiger partial charge in [-0.3, -0.25) is 4.79 Å². The van der Waals surface area contributed by atoms with Crippen molar-refractivity contribution >= 4 is 12.1 Å². The molecule has 0 radical (unpaired) electrons. The van der Waals surface area contributed by atoms with Gasteiger partial charge in [0.2, 0.25) is 0 Å². The molecule has 1 aliphatic carbocycles. The molecule has 19 heavy (non-hydrogen) atoms. The van der Waals surface area contributed by atoms with Crippen LogP contribution in [0.15, 0.2) is 29.4 Å². The third-order valence-corrected chi connectivity index (χ3v) is 3.43. The number of ether oxygens (including phenoxy) is 1. The van der Waals surface area contributed by atoms with Crippen LogP contribution < -0.4 is 10.2 Å². The molecule has 1 aromatic rings. The van der Waals surface area contributed by atoms with E-state index >= 15 is 0 Å². The van der Waals surface area contributed by atoms with Gasteiger partial charge in [0, 0.05) is 11.8 Å². The quantitative estimate of drug-likeness (QED) is 0.668. The minimum atomic E-state index is -0.203. The lowest BCUT2D eigenvalue weighted by Crippen LogP contribution is -2.19. The van der Waals surface area contributed by atoms with Crippen molar-refractivity contribution in [2.75, 3.05) is 7.11 Å². The SMILES string of the molecule is COc1cccc(C(=O)NN=CC2CCCCC2)c1. The molecule has 1 aromatic carbocycles. The van der Waals surface area contributed by atoms with Crippen LogP contribution in [0.4, 0.5) is 0 Å². The highest BCUT2D eigenvalue weighted by Gasteiger charge is 2.11. The second-order valence-corrected chi connectivity index (χ2v) is 4.85. The summed E-state index contributed by atoms with van der Waals surface area (Å²) in [6, 6.07) is 7.04. The van der Waals surface area contributed by atoms with Crippen LogP contribution in [-0.2, 0) is 0 Å². The summed E-state index contributed by atoms with van der Waals surface area (Å²) in [5.74, 6) is 0.981. The van der Waals surface area contributed by atoms with Gasteiger partial charge < -0.3 is 4.74 Å². The third-order valence-electron chi connectivity index (χ3n) is 3.43. The summed E-state index contributed by atoms with van der Waals surface area (Å²) in [7, 11) is 1.58. The lowest BCUT2D eigenvalue weighted by molar-refractivity contribution is 0.0954. The summed E-state index contributed by atoms with van der Waals surface area (Å²) >= 11 is 0. The van der Waals surface area contributed by atoms with Crippen molar-refractivity contribution in [2.45, 2.75) is 32.1 Å². The Balaban J connectivity index is 1.87. The molecular formula is C15H20N2O2. The zero-order valence-electron chi connectivity index (χ0n) is 11.3. The van der Waals surface area contributed by atoms with Crippen molar-refractivity contribution in [3.8, 4) is 5.75 Å². The standard InChI is InChI=1S/C15H20N2O2/c1-19-14-9-5-8-13(10-14)15(18)17-16-11-12-6-3-2-4-7-12/h5,8-12H,2-4,6-7H2,1H3,(H,17,18). The zero-order chi connectivity index (χ0) is 13.5. The van der Waals surface area contributed by atoms with Crippen LogP contribution in [0.1, 0.15) is 42.5 Å². The molecule has 1 amide bonds. The molecule has 0 saturated heterocycles. The molecule has 1 saturated carbocycles. The molecular weight excluding hydrogens is 240 g/mol. The van der Waals surface area contributed by atoms with E-state index in [0.29, 0.717) is 17.2 Å². The van der Waals surface area contributed by atoms with Gasteiger partial charge in [-0.05, 0) is 37.0 Å². The first-order chi connectivity index (χ1) is 9.29. The summed E-state index contributed by atoms with van der Waals surface area (Å²) in [4.78, 5) is 11.9. The number of carbonyl (C=O) groups excluding carboxylic acids is 1. The van der Waals surface area contributed by atoms with E-state index in [1.54, 1.807) is 25.3 Å². The van der Waals surface area contributed by atoms with E-state index in [1.165, 1.54) is 32.1 Å². The Morgan fingerprint density at radius 3 is 2.89 bits per heavy atom. The van der Waals surface area contributed by atoms with Crippen molar-refractivity contribution in [2.24, 2.45) is 11.0 Å². The van der Waals surface area contributed by atoms with E-state index in [0.717, 1.165) is 0 Å². The summed E-state index contributed by atoms with van der Waals surface area (Å²) in [6.45, 7) is 0. The van der Waals surface area contributed by atoms with Crippen LogP contribution in [0.3, 0.4) is 0 Å². The number of nitrogens with one attached hydrogen (secondary N) is 1. The number of amides is 1. The van der Waals surface area contributed by atoms with Crippen LogP contribution in [0, 0.1) is 5.92 Å². The summed E-state index contributed by atoms with van der Waals surface area (Å²) in [6.07, 6.45) is 8.08. The maximum Gasteiger partial charge on any atom is 0.271 e.